The molecule has 0 atom stereocenters. The number of nitrogens with one attached hydrogen (secondary N) is 1. The number of amides is 1. The zero-order valence-electron chi connectivity index (χ0n) is 15.7. The lowest BCUT2D eigenvalue weighted by molar-refractivity contribution is 0.0948. The van der Waals surface area contributed by atoms with E-state index in [0.29, 0.717) is 22.8 Å². The molecule has 0 bridgehead atoms. The summed E-state index contributed by atoms with van der Waals surface area (Å²) in [4.78, 5) is 24.6. The third-order valence-corrected chi connectivity index (χ3v) is 4.20. The molecule has 3 rings (SSSR count). The van der Waals surface area contributed by atoms with Crippen LogP contribution in [0.15, 0.2) is 65.5 Å². The van der Waals surface area contributed by atoms with Crippen molar-refractivity contribution in [2.45, 2.75) is 6.54 Å². The van der Waals surface area contributed by atoms with Crippen LogP contribution >= 0.6 is 0 Å². The number of benzene rings is 2. The van der Waals surface area contributed by atoms with Crippen molar-refractivity contribution in [3.63, 3.8) is 0 Å². The lowest BCUT2D eigenvalue weighted by Crippen LogP contribution is -2.32. The fourth-order valence-corrected chi connectivity index (χ4v) is 2.73. The Hall–Kier alpha value is -3.61. The lowest BCUT2D eigenvalue weighted by atomic mass is 10.1. The molecular weight excluding hydrogens is 358 g/mol. The van der Waals surface area contributed by atoms with Crippen LogP contribution in [-0.4, -0.2) is 36.5 Å². The summed E-state index contributed by atoms with van der Waals surface area (Å²) in [5.74, 6) is 0.682. The van der Waals surface area contributed by atoms with Gasteiger partial charge in [-0.15, -0.1) is 0 Å². The second kappa shape index (κ2) is 8.85. The molecule has 2 aromatic carbocycles. The Morgan fingerprint density at radius 1 is 1.04 bits per heavy atom. The number of hydrogen-bond acceptors (Lipinski definition) is 5. The van der Waals surface area contributed by atoms with E-state index in [2.05, 4.69) is 10.4 Å². The molecule has 3 aromatic rings. The maximum atomic E-state index is 12.5. The van der Waals surface area contributed by atoms with Gasteiger partial charge in [0, 0.05) is 18.2 Å². The molecule has 1 aromatic heterocycles. The average molecular weight is 379 g/mol. The minimum atomic E-state index is -0.317. The van der Waals surface area contributed by atoms with Gasteiger partial charge in [0.2, 0.25) is 0 Å². The van der Waals surface area contributed by atoms with Crippen LogP contribution < -0.4 is 20.3 Å². The molecule has 0 unspecified atom stereocenters. The Morgan fingerprint density at radius 3 is 2.54 bits per heavy atom. The molecule has 0 saturated carbocycles. The topological polar surface area (TPSA) is 82.4 Å². The highest BCUT2D eigenvalue weighted by atomic mass is 16.5. The molecule has 0 spiro atoms. The Bertz CT molecular complexity index is 1020. The van der Waals surface area contributed by atoms with Gasteiger partial charge in [-0.25, -0.2) is 4.68 Å². The highest BCUT2D eigenvalue weighted by Gasteiger charge is 2.13. The minimum Gasteiger partial charge on any atom is -0.497 e. The maximum absolute atomic E-state index is 12.5. The largest absolute Gasteiger partial charge is 0.497 e. The van der Waals surface area contributed by atoms with Gasteiger partial charge in [0.25, 0.3) is 11.5 Å². The number of hydrogen-bond donors (Lipinski definition) is 1. The van der Waals surface area contributed by atoms with Crippen LogP contribution in [0.3, 0.4) is 0 Å². The quantitative estimate of drug-likeness (QED) is 0.681. The third-order valence-electron chi connectivity index (χ3n) is 4.20. The predicted molar refractivity (Wildman–Crippen MR) is 106 cm³/mol. The van der Waals surface area contributed by atoms with E-state index < -0.39 is 0 Å². The summed E-state index contributed by atoms with van der Waals surface area (Å²) in [6.07, 6.45) is 0. The van der Waals surface area contributed by atoms with Gasteiger partial charge >= 0.3 is 0 Å². The van der Waals surface area contributed by atoms with E-state index >= 15 is 0 Å². The first-order chi connectivity index (χ1) is 13.6. The van der Waals surface area contributed by atoms with Crippen molar-refractivity contribution in [1.82, 2.24) is 15.1 Å². The monoisotopic (exact) mass is 379 g/mol. The van der Waals surface area contributed by atoms with Crippen LogP contribution in [0.1, 0.15) is 10.4 Å². The number of rotatable bonds is 7. The molecule has 0 aliphatic carbocycles. The van der Waals surface area contributed by atoms with E-state index in [1.54, 1.807) is 24.3 Å². The average Bonchev–Trinajstić information content (AvgIpc) is 2.75. The fraction of sp³-hybridized carbons (Fsp3) is 0.190. The highest BCUT2D eigenvalue weighted by molar-refractivity contribution is 5.97. The summed E-state index contributed by atoms with van der Waals surface area (Å²) in [6.45, 7) is 0.488. The van der Waals surface area contributed by atoms with E-state index in [-0.39, 0.29) is 24.6 Å². The zero-order chi connectivity index (χ0) is 19.9. The number of aromatic nitrogens is 2. The number of carbonyl (C=O) groups excluding carboxylic acids is 1. The maximum Gasteiger partial charge on any atom is 0.266 e. The van der Waals surface area contributed by atoms with Crippen molar-refractivity contribution in [2.75, 3.05) is 20.8 Å². The summed E-state index contributed by atoms with van der Waals surface area (Å²) in [7, 11) is 3.03. The molecule has 0 fully saturated rings. The van der Waals surface area contributed by atoms with Crippen molar-refractivity contribution >= 4 is 5.91 Å². The Kier molecular flexibility index (Phi) is 6.06. The van der Waals surface area contributed by atoms with E-state index in [0.717, 1.165) is 5.56 Å². The molecule has 144 valence electrons. The van der Waals surface area contributed by atoms with Crippen LogP contribution in [0.25, 0.3) is 11.3 Å². The Balaban J connectivity index is 1.70. The van der Waals surface area contributed by atoms with Gasteiger partial charge in [-0.3, -0.25) is 9.59 Å². The first-order valence-corrected chi connectivity index (χ1v) is 8.76. The first kappa shape index (κ1) is 19.2. The van der Waals surface area contributed by atoms with Crippen molar-refractivity contribution in [3.8, 4) is 22.8 Å². The number of carbonyl (C=O) groups is 1. The molecule has 0 aliphatic rings. The summed E-state index contributed by atoms with van der Waals surface area (Å²) < 4.78 is 11.7. The van der Waals surface area contributed by atoms with Gasteiger partial charge in [-0.05, 0) is 24.3 Å². The second-order valence-corrected chi connectivity index (χ2v) is 5.97. The summed E-state index contributed by atoms with van der Waals surface area (Å²) in [5.41, 5.74) is 1.75. The molecule has 0 radical (unpaired) electrons. The SMILES string of the molecule is COc1ccc(OC)c(C(=O)NCCn2nc(-c3ccccc3)ccc2=O)c1. The van der Waals surface area contributed by atoms with Crippen molar-refractivity contribution < 1.29 is 14.3 Å². The van der Waals surface area contributed by atoms with Crippen LogP contribution in [0.5, 0.6) is 11.5 Å². The number of methoxy groups -OCH3 is 2. The summed E-state index contributed by atoms with van der Waals surface area (Å²) >= 11 is 0. The molecule has 7 heteroatoms. The molecule has 7 nitrogen and oxygen atoms in total. The molecule has 0 saturated heterocycles. The van der Waals surface area contributed by atoms with Gasteiger partial charge < -0.3 is 14.8 Å². The van der Waals surface area contributed by atoms with Crippen molar-refractivity contribution in [2.24, 2.45) is 0 Å². The van der Waals surface area contributed by atoms with Crippen LogP contribution in [0.4, 0.5) is 0 Å². The van der Waals surface area contributed by atoms with Gasteiger partial charge in [-0.1, -0.05) is 30.3 Å². The number of ether oxygens (including phenoxy) is 2. The minimum absolute atomic E-state index is 0.229. The van der Waals surface area contributed by atoms with E-state index in [1.165, 1.54) is 25.0 Å². The predicted octanol–water partition coefficient (Wildman–Crippen LogP) is 2.36. The zero-order valence-corrected chi connectivity index (χ0v) is 15.7. The molecule has 1 amide bonds. The molecule has 28 heavy (non-hydrogen) atoms. The van der Waals surface area contributed by atoms with Gasteiger partial charge in [0.15, 0.2) is 0 Å². The summed E-state index contributed by atoms with van der Waals surface area (Å²) in [5, 5.41) is 7.17. The Labute approximate surface area is 162 Å². The normalized spacial score (nSPS) is 10.4. The standard InChI is InChI=1S/C21H21N3O4/c1-27-16-8-10-19(28-2)17(14-16)21(26)22-12-13-24-20(25)11-9-18(23-24)15-6-4-3-5-7-15/h3-11,14H,12-13H2,1-2H3,(H,22,26). The first-order valence-electron chi connectivity index (χ1n) is 8.76. The van der Waals surface area contributed by atoms with Crippen LogP contribution in [-0.2, 0) is 6.54 Å². The second-order valence-electron chi connectivity index (χ2n) is 5.97. The summed E-state index contributed by atoms with van der Waals surface area (Å²) in [6, 6.07) is 17.7. The Morgan fingerprint density at radius 2 is 1.82 bits per heavy atom. The van der Waals surface area contributed by atoms with Crippen LogP contribution in [0, 0.1) is 0 Å². The van der Waals surface area contributed by atoms with E-state index in [9.17, 15) is 9.59 Å². The number of nitrogens with zero attached hydrogens (tertiary/aromatic N) is 2. The van der Waals surface area contributed by atoms with Crippen molar-refractivity contribution in [1.29, 1.82) is 0 Å². The van der Waals surface area contributed by atoms with Crippen LogP contribution in [0.2, 0.25) is 0 Å². The smallest absolute Gasteiger partial charge is 0.266 e. The van der Waals surface area contributed by atoms with Crippen molar-refractivity contribution in [3.05, 3.63) is 76.6 Å². The molecule has 0 aliphatic heterocycles. The molecular formula is C21H21N3O4. The highest BCUT2D eigenvalue weighted by Crippen LogP contribution is 2.23. The van der Waals surface area contributed by atoms with E-state index in [4.69, 9.17) is 9.47 Å². The van der Waals surface area contributed by atoms with Gasteiger partial charge in [-0.2, -0.15) is 5.10 Å². The van der Waals surface area contributed by atoms with Gasteiger partial charge in [0.05, 0.1) is 32.0 Å². The molecule has 1 heterocycles. The third kappa shape index (κ3) is 4.37. The fourth-order valence-electron chi connectivity index (χ4n) is 2.73. The van der Waals surface area contributed by atoms with E-state index in [1.807, 2.05) is 30.3 Å². The lowest BCUT2D eigenvalue weighted by Gasteiger charge is -2.11. The van der Waals surface area contributed by atoms with Gasteiger partial charge in [0.1, 0.15) is 11.5 Å². The molecule has 1 N–H and O–H groups in total.